The Labute approximate surface area is 196 Å². The van der Waals surface area contributed by atoms with Crippen LogP contribution in [0, 0.1) is 0 Å². The molecule has 14 nitrogen and oxygen atoms in total. The van der Waals surface area contributed by atoms with Crippen molar-refractivity contribution < 1.29 is 69.8 Å². The fraction of sp³-hybridized carbons (Fsp3) is 0.238. The Hall–Kier alpha value is -4.56. The molecule has 190 valence electrons. The average molecular weight is 498 g/mol. The summed E-state index contributed by atoms with van der Waals surface area (Å²) in [7, 11) is 1.08. The molecule has 0 heterocycles. The van der Waals surface area contributed by atoms with Crippen LogP contribution in [0.3, 0.4) is 0 Å². The van der Waals surface area contributed by atoms with Gasteiger partial charge in [0.05, 0.1) is 11.1 Å². The van der Waals surface area contributed by atoms with Gasteiger partial charge in [-0.2, -0.15) is 0 Å². The molecule has 0 bridgehead atoms. The van der Waals surface area contributed by atoms with Crippen LogP contribution >= 0.6 is 0 Å². The Balaban J connectivity index is 2.02. The summed E-state index contributed by atoms with van der Waals surface area (Å²) in [4.78, 5) is 24.1. The zero-order valence-corrected chi connectivity index (χ0v) is 17.9. The van der Waals surface area contributed by atoms with Crippen LogP contribution in [0.4, 0.5) is 0 Å². The molecule has 0 fully saturated rings. The van der Waals surface area contributed by atoms with E-state index in [2.05, 4.69) is 0 Å². The number of carbonyl (C=O) groups is 2. The number of phenolic OH excluding ortho intramolecular Hbond substituents is 6. The van der Waals surface area contributed by atoms with Crippen LogP contribution in [0.15, 0.2) is 35.8 Å². The molecule has 0 amide bonds. The minimum atomic E-state index is -1.98. The lowest BCUT2D eigenvalue weighted by Crippen LogP contribution is -2.36. The predicted octanol–water partition coefficient (Wildman–Crippen LogP) is 0.637. The van der Waals surface area contributed by atoms with Crippen LogP contribution in [0.2, 0.25) is 0 Å². The fourth-order valence-electron chi connectivity index (χ4n) is 2.61. The average Bonchev–Trinajstić information content (AvgIpc) is 2.82. The molecule has 9 N–H and O–H groups in total. The first-order valence-corrected chi connectivity index (χ1v) is 9.53. The van der Waals surface area contributed by atoms with E-state index >= 15 is 0 Å². The van der Waals surface area contributed by atoms with E-state index in [9.17, 15) is 55.5 Å². The summed E-state index contributed by atoms with van der Waals surface area (Å²) >= 11 is 0. The summed E-state index contributed by atoms with van der Waals surface area (Å²) in [5.74, 6) is -9.33. The maximum absolute atomic E-state index is 12.1. The Bertz CT molecular complexity index is 1090. The maximum Gasteiger partial charge on any atom is 0.338 e. The molecule has 2 aromatic carbocycles. The van der Waals surface area contributed by atoms with Crippen LogP contribution in [-0.2, 0) is 14.2 Å². The van der Waals surface area contributed by atoms with Crippen LogP contribution < -0.4 is 0 Å². The summed E-state index contributed by atoms with van der Waals surface area (Å²) < 4.78 is 14.5. The number of hydrogen-bond donors (Lipinski definition) is 9. The van der Waals surface area contributed by atoms with E-state index in [0.29, 0.717) is 0 Å². The van der Waals surface area contributed by atoms with Crippen molar-refractivity contribution in [3.63, 3.8) is 0 Å². The van der Waals surface area contributed by atoms with Crippen molar-refractivity contribution in [2.75, 3.05) is 20.3 Å². The number of carbonyl (C=O) groups excluding carboxylic acids is 2. The highest BCUT2D eigenvalue weighted by atomic mass is 16.6. The fourth-order valence-corrected chi connectivity index (χ4v) is 2.61. The first-order valence-electron chi connectivity index (χ1n) is 9.53. The number of phenols is 6. The Kier molecular flexibility index (Phi) is 8.42. The van der Waals surface area contributed by atoms with Gasteiger partial charge in [0.25, 0.3) is 0 Å². The molecule has 2 unspecified atom stereocenters. The SMILES string of the molecule is COC(COC(=O)c1cc(O)c(O)c(O)c1)C(O)/C(O)=C(/O)COC(=O)c1cc(O)c(O)c(O)c1. The summed E-state index contributed by atoms with van der Waals surface area (Å²) in [6.45, 7) is -1.66. The second-order valence-electron chi connectivity index (χ2n) is 6.95. The lowest BCUT2D eigenvalue weighted by atomic mass is 10.1. The smallest absolute Gasteiger partial charge is 0.338 e. The van der Waals surface area contributed by atoms with E-state index in [1.54, 1.807) is 0 Å². The maximum atomic E-state index is 12.1. The molecule has 2 rings (SSSR count). The van der Waals surface area contributed by atoms with Crippen molar-refractivity contribution in [3.05, 3.63) is 46.9 Å². The van der Waals surface area contributed by atoms with Crippen LogP contribution in [0.1, 0.15) is 20.7 Å². The number of aliphatic hydroxyl groups excluding tert-OH is 3. The molecule has 0 saturated heterocycles. The number of rotatable bonds is 9. The van der Waals surface area contributed by atoms with Crippen LogP contribution in [0.5, 0.6) is 34.5 Å². The molecule has 0 radical (unpaired) electrons. The summed E-state index contributed by atoms with van der Waals surface area (Å²) in [6.07, 6.45) is -3.42. The molecule has 14 heteroatoms. The molecule has 35 heavy (non-hydrogen) atoms. The number of hydrogen-bond acceptors (Lipinski definition) is 14. The lowest BCUT2D eigenvalue weighted by Gasteiger charge is -2.21. The van der Waals surface area contributed by atoms with Gasteiger partial charge in [0, 0.05) is 7.11 Å². The number of methoxy groups -OCH3 is 1. The van der Waals surface area contributed by atoms with Crippen molar-refractivity contribution in [1.82, 2.24) is 0 Å². The van der Waals surface area contributed by atoms with Crippen molar-refractivity contribution in [2.24, 2.45) is 0 Å². The minimum absolute atomic E-state index is 0.358. The molecule has 2 atom stereocenters. The molecule has 0 saturated carbocycles. The number of aliphatic hydroxyl groups is 3. The number of esters is 2. The number of aromatic hydroxyl groups is 6. The lowest BCUT2D eigenvalue weighted by molar-refractivity contribution is -0.0507. The zero-order chi connectivity index (χ0) is 26.4. The molecule has 0 aliphatic heterocycles. The highest BCUT2D eigenvalue weighted by Gasteiger charge is 2.28. The van der Waals surface area contributed by atoms with Crippen molar-refractivity contribution >= 4 is 11.9 Å². The van der Waals surface area contributed by atoms with Gasteiger partial charge in [-0.25, -0.2) is 9.59 Å². The molecule has 0 aliphatic rings. The van der Waals surface area contributed by atoms with Gasteiger partial charge in [-0.3, -0.25) is 0 Å². The van der Waals surface area contributed by atoms with Crippen LogP contribution in [-0.4, -0.2) is 90.4 Å². The molecule has 0 spiro atoms. The topological polar surface area (TPSA) is 244 Å². The number of benzene rings is 2. The first kappa shape index (κ1) is 26.7. The normalized spacial score (nSPS) is 13.4. The van der Waals surface area contributed by atoms with Gasteiger partial charge in [-0.15, -0.1) is 0 Å². The number of ether oxygens (including phenoxy) is 3. The zero-order valence-electron chi connectivity index (χ0n) is 17.9. The third-order valence-corrected chi connectivity index (χ3v) is 4.56. The van der Waals surface area contributed by atoms with E-state index in [1.807, 2.05) is 0 Å². The van der Waals surface area contributed by atoms with Gasteiger partial charge >= 0.3 is 11.9 Å². The Morgan fingerprint density at radius 1 is 0.771 bits per heavy atom. The summed E-state index contributed by atoms with van der Waals surface area (Å²) in [5, 5.41) is 86.5. The second kappa shape index (κ2) is 11.0. The van der Waals surface area contributed by atoms with Gasteiger partial charge in [0.2, 0.25) is 0 Å². The Morgan fingerprint density at radius 3 is 1.57 bits per heavy atom. The van der Waals surface area contributed by atoms with E-state index in [4.69, 9.17) is 14.2 Å². The van der Waals surface area contributed by atoms with Crippen molar-refractivity contribution in [2.45, 2.75) is 12.2 Å². The van der Waals surface area contributed by atoms with Crippen molar-refractivity contribution in [3.8, 4) is 34.5 Å². The standard InChI is InChI=1S/C21H22O14/c1-33-15(7-35-21(32)9-4-12(24)17(28)13(25)5-9)19(30)18(29)14(26)6-34-20(31)8-2-10(22)16(27)11(23)3-8/h2-5,15,19,22-30H,6-7H2,1H3/b18-14-. The molecule has 0 aliphatic carbocycles. The molecule has 0 aromatic heterocycles. The Morgan fingerprint density at radius 2 is 1.17 bits per heavy atom. The highest BCUT2D eigenvalue weighted by molar-refractivity contribution is 5.91. The minimum Gasteiger partial charge on any atom is -0.506 e. The molecular weight excluding hydrogens is 476 g/mol. The van der Waals surface area contributed by atoms with Gasteiger partial charge in [0.1, 0.15) is 18.8 Å². The third-order valence-electron chi connectivity index (χ3n) is 4.56. The van der Waals surface area contributed by atoms with E-state index in [-0.39, 0.29) is 5.56 Å². The largest absolute Gasteiger partial charge is 0.506 e. The van der Waals surface area contributed by atoms with E-state index < -0.39 is 88.9 Å². The third kappa shape index (κ3) is 6.27. The van der Waals surface area contributed by atoms with Crippen molar-refractivity contribution in [1.29, 1.82) is 0 Å². The van der Waals surface area contributed by atoms with Gasteiger partial charge in [-0.05, 0) is 24.3 Å². The summed E-state index contributed by atoms with van der Waals surface area (Å²) in [5.41, 5.74) is -0.762. The summed E-state index contributed by atoms with van der Waals surface area (Å²) in [6, 6.07) is 3.16. The quantitative estimate of drug-likeness (QED) is 0.131. The highest BCUT2D eigenvalue weighted by Crippen LogP contribution is 2.36. The van der Waals surface area contributed by atoms with E-state index in [1.165, 1.54) is 0 Å². The second-order valence-corrected chi connectivity index (χ2v) is 6.95. The molecular formula is C21H22O14. The predicted molar refractivity (Wildman–Crippen MR) is 113 cm³/mol. The first-order chi connectivity index (χ1) is 16.4. The van der Waals surface area contributed by atoms with E-state index in [0.717, 1.165) is 31.4 Å². The van der Waals surface area contributed by atoms with Gasteiger partial charge in [-0.1, -0.05) is 0 Å². The monoisotopic (exact) mass is 498 g/mol. The van der Waals surface area contributed by atoms with Gasteiger partial charge < -0.3 is 60.2 Å². The van der Waals surface area contributed by atoms with Crippen LogP contribution in [0.25, 0.3) is 0 Å². The molecule has 2 aromatic rings. The van der Waals surface area contributed by atoms with Gasteiger partial charge in [0.15, 0.2) is 52.6 Å².